The first-order valence-electron chi connectivity index (χ1n) is 6.22. The molecule has 0 aliphatic rings. The topological polar surface area (TPSA) is 88.7 Å². The molecule has 5 nitrogen and oxygen atoms in total. The van der Waals surface area contributed by atoms with Gasteiger partial charge in [-0.2, -0.15) is 10.5 Å². The standard InChI is InChI=1S/C15H6F4N4O/c16-9-3-13(11(18)1-7(9)5-20)22-15(24)23-14-4-10(17)8(6-21)2-12(14)19/h1-4H,(H2,22,23,24). The van der Waals surface area contributed by atoms with Gasteiger partial charge in [0.25, 0.3) is 0 Å². The normalized spacial score (nSPS) is 9.75. The summed E-state index contributed by atoms with van der Waals surface area (Å²) in [6.07, 6.45) is 0. The van der Waals surface area contributed by atoms with E-state index in [1.807, 2.05) is 10.6 Å². The van der Waals surface area contributed by atoms with Crippen LogP contribution >= 0.6 is 0 Å². The lowest BCUT2D eigenvalue weighted by molar-refractivity contribution is 0.262. The molecular formula is C15H6F4N4O. The zero-order chi connectivity index (χ0) is 17.9. The summed E-state index contributed by atoms with van der Waals surface area (Å²) in [5.41, 5.74) is -2.31. The van der Waals surface area contributed by atoms with Crippen LogP contribution in [0.25, 0.3) is 0 Å². The van der Waals surface area contributed by atoms with E-state index in [9.17, 15) is 22.4 Å². The van der Waals surface area contributed by atoms with Gasteiger partial charge in [-0.15, -0.1) is 0 Å². The van der Waals surface area contributed by atoms with Crippen LogP contribution in [0.3, 0.4) is 0 Å². The average Bonchev–Trinajstić information content (AvgIpc) is 2.53. The van der Waals surface area contributed by atoms with Gasteiger partial charge in [-0.1, -0.05) is 0 Å². The number of hydrogen-bond donors (Lipinski definition) is 2. The number of nitriles is 2. The van der Waals surface area contributed by atoms with Crippen LogP contribution in [0.4, 0.5) is 33.7 Å². The van der Waals surface area contributed by atoms with Crippen molar-refractivity contribution in [3.63, 3.8) is 0 Å². The summed E-state index contributed by atoms with van der Waals surface area (Å²) in [6, 6.07) is 3.96. The summed E-state index contributed by atoms with van der Waals surface area (Å²) in [5, 5.41) is 20.9. The first-order chi connectivity index (χ1) is 11.3. The van der Waals surface area contributed by atoms with Crippen LogP contribution in [0.15, 0.2) is 24.3 Å². The minimum Gasteiger partial charge on any atom is -0.305 e. The molecule has 2 aromatic rings. The molecule has 2 amide bonds. The van der Waals surface area contributed by atoms with E-state index >= 15 is 0 Å². The first kappa shape index (κ1) is 16.8. The highest BCUT2D eigenvalue weighted by molar-refractivity contribution is 6.00. The Balaban J connectivity index is 2.21. The third-order valence-electron chi connectivity index (χ3n) is 2.85. The van der Waals surface area contributed by atoms with Crippen molar-refractivity contribution in [2.24, 2.45) is 0 Å². The highest BCUT2D eigenvalue weighted by Gasteiger charge is 2.15. The summed E-state index contributed by atoms with van der Waals surface area (Å²) in [7, 11) is 0. The second-order valence-corrected chi connectivity index (χ2v) is 4.43. The van der Waals surface area contributed by atoms with Crippen molar-refractivity contribution >= 4 is 17.4 Å². The molecule has 0 aromatic heterocycles. The fourth-order valence-electron chi connectivity index (χ4n) is 1.73. The van der Waals surface area contributed by atoms with Crippen molar-refractivity contribution in [1.82, 2.24) is 0 Å². The van der Waals surface area contributed by atoms with E-state index in [0.29, 0.717) is 24.3 Å². The molecule has 2 rings (SSSR count). The molecule has 120 valence electrons. The van der Waals surface area contributed by atoms with E-state index in [2.05, 4.69) is 0 Å². The molecule has 2 N–H and O–H groups in total. The van der Waals surface area contributed by atoms with Gasteiger partial charge in [0.1, 0.15) is 35.4 Å². The van der Waals surface area contributed by atoms with E-state index in [4.69, 9.17) is 10.5 Å². The van der Waals surface area contributed by atoms with Gasteiger partial charge in [-0.3, -0.25) is 0 Å². The maximum Gasteiger partial charge on any atom is 0.323 e. The lowest BCUT2D eigenvalue weighted by Gasteiger charge is -2.10. The monoisotopic (exact) mass is 334 g/mol. The molecular weight excluding hydrogens is 328 g/mol. The van der Waals surface area contributed by atoms with Gasteiger partial charge in [0.15, 0.2) is 0 Å². The van der Waals surface area contributed by atoms with Crippen molar-refractivity contribution in [1.29, 1.82) is 10.5 Å². The minimum absolute atomic E-state index is 0.557. The van der Waals surface area contributed by atoms with Crippen LogP contribution in [0.5, 0.6) is 0 Å². The predicted octanol–water partition coefficient (Wildman–Crippen LogP) is 3.63. The van der Waals surface area contributed by atoms with Crippen LogP contribution in [0, 0.1) is 45.9 Å². The number of rotatable bonds is 2. The Morgan fingerprint density at radius 1 is 0.750 bits per heavy atom. The molecule has 0 saturated carbocycles. The van der Waals surface area contributed by atoms with Crippen molar-refractivity contribution in [3.05, 3.63) is 58.7 Å². The zero-order valence-corrected chi connectivity index (χ0v) is 11.6. The number of nitrogens with zero attached hydrogens (tertiary/aromatic N) is 2. The second-order valence-electron chi connectivity index (χ2n) is 4.43. The molecule has 0 atom stereocenters. The smallest absolute Gasteiger partial charge is 0.305 e. The molecule has 0 heterocycles. The summed E-state index contributed by atoms with van der Waals surface area (Å²) in [6.45, 7) is 0. The molecule has 0 fully saturated rings. The number of halogens is 4. The number of carbonyl (C=O) groups excluding carboxylic acids is 1. The summed E-state index contributed by atoms with van der Waals surface area (Å²) < 4.78 is 54.1. The van der Waals surface area contributed by atoms with Crippen molar-refractivity contribution < 1.29 is 22.4 Å². The molecule has 0 radical (unpaired) electrons. The number of carbonyl (C=O) groups is 1. The number of nitrogens with one attached hydrogen (secondary N) is 2. The van der Waals surface area contributed by atoms with Gasteiger partial charge >= 0.3 is 6.03 Å². The van der Waals surface area contributed by atoms with E-state index in [1.165, 1.54) is 12.1 Å². The quantitative estimate of drug-likeness (QED) is 0.822. The summed E-state index contributed by atoms with van der Waals surface area (Å²) >= 11 is 0. The van der Waals surface area contributed by atoms with Crippen LogP contribution in [0.2, 0.25) is 0 Å². The molecule has 0 aliphatic heterocycles. The molecule has 0 aliphatic carbocycles. The van der Waals surface area contributed by atoms with Crippen molar-refractivity contribution in [2.75, 3.05) is 10.6 Å². The predicted molar refractivity (Wildman–Crippen MR) is 74.8 cm³/mol. The molecule has 0 saturated heterocycles. The number of urea groups is 1. The fourth-order valence-corrected chi connectivity index (χ4v) is 1.73. The van der Waals surface area contributed by atoms with E-state index < -0.39 is 51.8 Å². The Labute approximate surface area is 132 Å². The van der Waals surface area contributed by atoms with Crippen molar-refractivity contribution in [3.8, 4) is 12.1 Å². The highest BCUT2D eigenvalue weighted by Crippen LogP contribution is 2.21. The molecule has 9 heteroatoms. The molecule has 0 spiro atoms. The van der Waals surface area contributed by atoms with Gasteiger partial charge in [-0.25, -0.2) is 22.4 Å². The van der Waals surface area contributed by atoms with Crippen LogP contribution < -0.4 is 10.6 Å². The van der Waals surface area contributed by atoms with Crippen LogP contribution in [-0.2, 0) is 0 Å². The van der Waals surface area contributed by atoms with Crippen LogP contribution in [0.1, 0.15) is 11.1 Å². The maximum absolute atomic E-state index is 13.6. The number of amides is 2. The van der Waals surface area contributed by atoms with Gasteiger partial charge in [-0.05, 0) is 12.1 Å². The van der Waals surface area contributed by atoms with Gasteiger partial charge < -0.3 is 10.6 Å². The fraction of sp³-hybridized carbons (Fsp3) is 0. The van der Waals surface area contributed by atoms with E-state index in [0.717, 1.165) is 0 Å². The van der Waals surface area contributed by atoms with E-state index in [-0.39, 0.29) is 0 Å². The minimum atomic E-state index is -1.18. The largest absolute Gasteiger partial charge is 0.323 e. The SMILES string of the molecule is N#Cc1cc(F)c(NC(=O)Nc2cc(F)c(C#N)cc2F)cc1F. The molecule has 24 heavy (non-hydrogen) atoms. The average molecular weight is 334 g/mol. The number of anilines is 2. The van der Waals surface area contributed by atoms with Crippen LogP contribution in [-0.4, -0.2) is 6.03 Å². The van der Waals surface area contributed by atoms with Gasteiger partial charge in [0.2, 0.25) is 0 Å². The highest BCUT2D eigenvalue weighted by atomic mass is 19.1. The van der Waals surface area contributed by atoms with E-state index in [1.54, 1.807) is 0 Å². The Hall–Kier alpha value is -3.59. The molecule has 0 bridgehead atoms. The second kappa shape index (κ2) is 6.67. The van der Waals surface area contributed by atoms with Crippen molar-refractivity contribution in [2.45, 2.75) is 0 Å². The lowest BCUT2D eigenvalue weighted by atomic mass is 10.2. The maximum atomic E-state index is 13.6. The van der Waals surface area contributed by atoms with Gasteiger partial charge in [0, 0.05) is 12.1 Å². The Kier molecular flexibility index (Phi) is 4.66. The Morgan fingerprint density at radius 3 is 1.46 bits per heavy atom. The Bertz CT molecular complexity index is 842. The summed E-state index contributed by atoms with van der Waals surface area (Å²) in [5.74, 6) is -4.31. The zero-order valence-electron chi connectivity index (χ0n) is 11.6. The lowest BCUT2D eigenvalue weighted by Crippen LogP contribution is -2.21. The third kappa shape index (κ3) is 3.42. The molecule has 2 aromatic carbocycles. The number of benzene rings is 2. The first-order valence-corrected chi connectivity index (χ1v) is 6.22. The molecule has 0 unspecified atom stereocenters. The number of hydrogen-bond acceptors (Lipinski definition) is 3. The Morgan fingerprint density at radius 2 is 1.12 bits per heavy atom. The summed E-state index contributed by atoms with van der Waals surface area (Å²) in [4.78, 5) is 11.7. The van der Waals surface area contributed by atoms with Gasteiger partial charge in [0.05, 0.1) is 22.5 Å². The third-order valence-corrected chi connectivity index (χ3v) is 2.85.